The minimum Gasteiger partial charge on any atom is -0.249 e. The summed E-state index contributed by atoms with van der Waals surface area (Å²) >= 11 is 1.80. The van der Waals surface area contributed by atoms with Crippen LogP contribution in [-0.2, 0) is 9.73 Å². The zero-order chi connectivity index (χ0) is 7.71. The van der Waals surface area contributed by atoms with Crippen molar-refractivity contribution < 1.29 is 4.21 Å². The third-order valence-corrected chi connectivity index (χ3v) is 6.06. The Labute approximate surface area is 71.1 Å². The molecule has 0 aromatic rings. The van der Waals surface area contributed by atoms with E-state index in [1.807, 2.05) is 20.8 Å². The predicted molar refractivity (Wildman–Crippen MR) is 50.3 cm³/mol. The SMILES string of the molecule is CC(C)(C)S(C)(=O)=NI. The molecule has 0 radical (unpaired) electrons. The average molecular weight is 261 g/mol. The highest BCUT2D eigenvalue weighted by atomic mass is 127. The number of rotatable bonds is 0. The van der Waals surface area contributed by atoms with Gasteiger partial charge in [0.1, 0.15) is 0 Å². The summed E-state index contributed by atoms with van der Waals surface area (Å²) in [4.78, 5) is 0. The number of nitrogens with zero attached hydrogens (tertiary/aromatic N) is 1. The number of hydrogen-bond acceptors (Lipinski definition) is 2. The summed E-state index contributed by atoms with van der Waals surface area (Å²) in [6.07, 6.45) is 1.68. The summed E-state index contributed by atoms with van der Waals surface area (Å²) in [6.45, 7) is 5.78. The van der Waals surface area contributed by atoms with Crippen molar-refractivity contribution >= 4 is 32.6 Å². The number of hydrogen-bond donors (Lipinski definition) is 0. The van der Waals surface area contributed by atoms with Crippen LogP contribution in [0.15, 0.2) is 2.58 Å². The van der Waals surface area contributed by atoms with Crippen molar-refractivity contribution in [1.82, 2.24) is 0 Å². The maximum Gasteiger partial charge on any atom is 0.0952 e. The first-order chi connectivity index (χ1) is 3.81. The fourth-order valence-electron chi connectivity index (χ4n) is 0.104. The molecule has 1 atom stereocenters. The van der Waals surface area contributed by atoms with Crippen molar-refractivity contribution in [2.45, 2.75) is 25.5 Å². The molecule has 0 aromatic heterocycles. The highest BCUT2D eigenvalue weighted by molar-refractivity contribution is 14.1. The topological polar surface area (TPSA) is 29.4 Å². The molecule has 56 valence electrons. The monoisotopic (exact) mass is 261 g/mol. The highest BCUT2D eigenvalue weighted by Gasteiger charge is 2.21. The van der Waals surface area contributed by atoms with Crippen LogP contribution in [0.25, 0.3) is 0 Å². The van der Waals surface area contributed by atoms with E-state index in [2.05, 4.69) is 2.58 Å². The van der Waals surface area contributed by atoms with E-state index in [-0.39, 0.29) is 4.75 Å². The lowest BCUT2D eigenvalue weighted by Crippen LogP contribution is -2.25. The van der Waals surface area contributed by atoms with Gasteiger partial charge in [-0.15, -0.1) is 0 Å². The summed E-state index contributed by atoms with van der Waals surface area (Å²) in [5, 5.41) is 0. The first-order valence-electron chi connectivity index (χ1n) is 2.63. The molecule has 0 heterocycles. The lowest BCUT2D eigenvalue weighted by Gasteiger charge is -2.18. The molecule has 0 saturated heterocycles. The minimum absolute atomic E-state index is 0.200. The van der Waals surface area contributed by atoms with Gasteiger partial charge in [-0.3, -0.25) is 0 Å². The van der Waals surface area contributed by atoms with Crippen LogP contribution in [-0.4, -0.2) is 15.2 Å². The second kappa shape index (κ2) is 2.74. The molecule has 0 aliphatic carbocycles. The zero-order valence-corrected chi connectivity index (χ0v) is 9.12. The van der Waals surface area contributed by atoms with Crippen molar-refractivity contribution in [3.05, 3.63) is 0 Å². The van der Waals surface area contributed by atoms with E-state index in [0.717, 1.165) is 0 Å². The average Bonchev–Trinajstić information content (AvgIpc) is 1.64. The Bertz CT molecular complexity index is 197. The molecular formula is C5H12INOS. The highest BCUT2D eigenvalue weighted by Crippen LogP contribution is 2.17. The summed E-state index contributed by atoms with van der Waals surface area (Å²) in [5.74, 6) is 0. The first-order valence-corrected chi connectivity index (χ1v) is 5.52. The first kappa shape index (κ1) is 9.68. The Morgan fingerprint density at radius 3 is 1.78 bits per heavy atom. The Kier molecular flexibility index (Phi) is 2.94. The standard InChI is InChI=1S/C5H12INOS/c1-5(2,3)9(4,8)7-6/h1-4H3. The second-order valence-corrected chi connectivity index (χ2v) is 7.13. The van der Waals surface area contributed by atoms with Crippen LogP contribution in [0, 0.1) is 0 Å². The third-order valence-electron chi connectivity index (χ3n) is 1.27. The molecule has 0 fully saturated rings. The van der Waals surface area contributed by atoms with Gasteiger partial charge < -0.3 is 0 Å². The van der Waals surface area contributed by atoms with E-state index in [1.165, 1.54) is 0 Å². The maximum absolute atomic E-state index is 11.4. The zero-order valence-electron chi connectivity index (χ0n) is 6.14. The van der Waals surface area contributed by atoms with E-state index in [4.69, 9.17) is 0 Å². The predicted octanol–water partition coefficient (Wildman–Crippen LogP) is 2.23. The Morgan fingerprint density at radius 1 is 1.44 bits per heavy atom. The van der Waals surface area contributed by atoms with E-state index < -0.39 is 9.73 Å². The van der Waals surface area contributed by atoms with Crippen molar-refractivity contribution in [3.8, 4) is 0 Å². The summed E-state index contributed by atoms with van der Waals surface area (Å²) in [5.41, 5.74) is 0. The van der Waals surface area contributed by atoms with E-state index in [9.17, 15) is 4.21 Å². The van der Waals surface area contributed by atoms with Gasteiger partial charge >= 0.3 is 0 Å². The van der Waals surface area contributed by atoms with Crippen molar-refractivity contribution in [2.24, 2.45) is 2.58 Å². The number of halogens is 1. The van der Waals surface area contributed by atoms with Gasteiger partial charge in [0.15, 0.2) is 0 Å². The van der Waals surface area contributed by atoms with Crippen molar-refractivity contribution in [3.63, 3.8) is 0 Å². The van der Waals surface area contributed by atoms with Gasteiger partial charge in [0.2, 0.25) is 0 Å². The van der Waals surface area contributed by atoms with Crippen LogP contribution in [0.1, 0.15) is 20.8 Å². The molecule has 0 aromatic carbocycles. The molecule has 0 rings (SSSR count). The van der Waals surface area contributed by atoms with E-state index in [1.54, 1.807) is 29.1 Å². The van der Waals surface area contributed by atoms with Crippen LogP contribution in [0.2, 0.25) is 0 Å². The molecule has 0 aliphatic rings. The Balaban J connectivity index is 4.80. The van der Waals surface area contributed by atoms with Crippen LogP contribution in [0.5, 0.6) is 0 Å². The summed E-state index contributed by atoms with van der Waals surface area (Å²) in [6, 6.07) is 0. The van der Waals surface area contributed by atoms with Gasteiger partial charge in [-0.05, 0) is 20.8 Å². The normalized spacial score (nSPS) is 18.8. The molecule has 0 aliphatic heterocycles. The Hall–Kier alpha value is 0.680. The van der Waals surface area contributed by atoms with Gasteiger partial charge in [0, 0.05) is 11.0 Å². The van der Waals surface area contributed by atoms with Crippen LogP contribution in [0.4, 0.5) is 0 Å². The van der Waals surface area contributed by atoms with Gasteiger partial charge in [-0.25, -0.2) is 4.21 Å². The van der Waals surface area contributed by atoms with Crippen molar-refractivity contribution in [1.29, 1.82) is 0 Å². The molecule has 1 unspecified atom stereocenters. The third kappa shape index (κ3) is 2.41. The van der Waals surface area contributed by atoms with Crippen LogP contribution >= 0.6 is 22.9 Å². The van der Waals surface area contributed by atoms with Gasteiger partial charge in [0.25, 0.3) is 0 Å². The van der Waals surface area contributed by atoms with Gasteiger partial charge in [-0.1, -0.05) is 0 Å². The quantitative estimate of drug-likeness (QED) is 0.615. The molecule has 4 heteroatoms. The largest absolute Gasteiger partial charge is 0.249 e. The van der Waals surface area contributed by atoms with Crippen LogP contribution in [0.3, 0.4) is 0 Å². The maximum atomic E-state index is 11.4. The van der Waals surface area contributed by atoms with Gasteiger partial charge in [0.05, 0.1) is 32.6 Å². The molecular weight excluding hydrogens is 249 g/mol. The van der Waals surface area contributed by atoms with Crippen molar-refractivity contribution in [2.75, 3.05) is 6.26 Å². The molecule has 2 nitrogen and oxygen atoms in total. The van der Waals surface area contributed by atoms with Crippen LogP contribution < -0.4 is 0 Å². The fourth-order valence-corrected chi connectivity index (χ4v) is 2.08. The summed E-state index contributed by atoms with van der Waals surface area (Å²) < 4.78 is 15.0. The lowest BCUT2D eigenvalue weighted by molar-refractivity contribution is 0.647. The lowest BCUT2D eigenvalue weighted by atomic mass is 10.3. The smallest absolute Gasteiger partial charge is 0.0952 e. The molecule has 0 N–H and O–H groups in total. The minimum atomic E-state index is -1.97. The molecule has 9 heavy (non-hydrogen) atoms. The molecule has 0 spiro atoms. The molecule has 0 amide bonds. The second-order valence-electron chi connectivity index (χ2n) is 2.98. The summed E-state index contributed by atoms with van der Waals surface area (Å²) in [7, 11) is -1.97. The fraction of sp³-hybridized carbons (Fsp3) is 1.00. The molecule has 0 bridgehead atoms. The van der Waals surface area contributed by atoms with Gasteiger partial charge in [-0.2, -0.15) is 2.58 Å². The molecule has 0 saturated carbocycles. The van der Waals surface area contributed by atoms with E-state index >= 15 is 0 Å². The Morgan fingerprint density at radius 2 is 1.78 bits per heavy atom. The van der Waals surface area contributed by atoms with E-state index in [0.29, 0.717) is 0 Å².